The molecule has 7 nitrogen and oxygen atoms in total. The Morgan fingerprint density at radius 1 is 1.48 bits per heavy atom. The van der Waals surface area contributed by atoms with E-state index in [0.717, 1.165) is 63.5 Å². The standard InChI is InChI=1S/C17H29N5O2.HI/c1-4-18-17(19-9-5-6-15-12-20-21-13(15)2)22-10-7-14(8-11-22)16(23)24-3;/h12,14H,4-11H2,1-3H3,(H,18,19)(H,20,21);1H. The van der Waals surface area contributed by atoms with Crippen LogP contribution in [0.2, 0.25) is 0 Å². The fraction of sp³-hybridized carbons (Fsp3) is 0.706. The molecule has 0 saturated carbocycles. The predicted molar refractivity (Wildman–Crippen MR) is 109 cm³/mol. The van der Waals surface area contributed by atoms with E-state index in [2.05, 4.69) is 27.3 Å². The third kappa shape index (κ3) is 6.48. The Labute approximate surface area is 167 Å². The molecule has 2 rings (SSSR count). The Balaban J connectivity index is 0.00000312. The minimum Gasteiger partial charge on any atom is -0.469 e. The van der Waals surface area contributed by atoms with Crippen LogP contribution in [0.1, 0.15) is 37.4 Å². The molecule has 0 bridgehead atoms. The third-order valence-corrected chi connectivity index (χ3v) is 4.46. The number of esters is 1. The lowest BCUT2D eigenvalue weighted by Gasteiger charge is -2.33. The van der Waals surface area contributed by atoms with Gasteiger partial charge in [-0.3, -0.25) is 14.9 Å². The molecule has 25 heavy (non-hydrogen) atoms. The Morgan fingerprint density at radius 2 is 2.20 bits per heavy atom. The molecule has 142 valence electrons. The van der Waals surface area contributed by atoms with Crippen molar-refractivity contribution in [3.63, 3.8) is 0 Å². The van der Waals surface area contributed by atoms with Crippen LogP contribution >= 0.6 is 24.0 Å². The van der Waals surface area contributed by atoms with Gasteiger partial charge >= 0.3 is 5.97 Å². The highest BCUT2D eigenvalue weighted by atomic mass is 127. The van der Waals surface area contributed by atoms with Gasteiger partial charge in [0.05, 0.1) is 19.2 Å². The number of aromatic amines is 1. The summed E-state index contributed by atoms with van der Waals surface area (Å²) in [5, 5.41) is 10.4. The van der Waals surface area contributed by atoms with Crippen molar-refractivity contribution < 1.29 is 9.53 Å². The third-order valence-electron chi connectivity index (χ3n) is 4.46. The number of carbonyl (C=O) groups is 1. The van der Waals surface area contributed by atoms with E-state index in [0.29, 0.717) is 0 Å². The van der Waals surface area contributed by atoms with Gasteiger partial charge in [-0.1, -0.05) is 0 Å². The zero-order chi connectivity index (χ0) is 17.4. The number of likely N-dealkylation sites (tertiary alicyclic amines) is 1. The molecule has 0 radical (unpaired) electrons. The molecular formula is C17H30IN5O2. The van der Waals surface area contributed by atoms with E-state index < -0.39 is 0 Å². The van der Waals surface area contributed by atoms with E-state index >= 15 is 0 Å². The number of nitrogens with zero attached hydrogens (tertiary/aromatic N) is 3. The molecule has 0 aliphatic carbocycles. The molecular weight excluding hydrogens is 433 g/mol. The summed E-state index contributed by atoms with van der Waals surface area (Å²) in [4.78, 5) is 18.6. The minimum absolute atomic E-state index is 0. The molecule has 1 aliphatic heterocycles. The van der Waals surface area contributed by atoms with Gasteiger partial charge in [-0.15, -0.1) is 24.0 Å². The van der Waals surface area contributed by atoms with Crippen LogP contribution in [0.15, 0.2) is 11.2 Å². The Bertz CT molecular complexity index is 553. The second-order valence-corrected chi connectivity index (χ2v) is 6.14. The lowest BCUT2D eigenvalue weighted by atomic mass is 9.97. The average Bonchev–Trinajstić information content (AvgIpc) is 3.02. The van der Waals surface area contributed by atoms with Gasteiger partial charge in [0.25, 0.3) is 0 Å². The number of H-pyrrole nitrogens is 1. The van der Waals surface area contributed by atoms with Crippen LogP contribution in [-0.4, -0.2) is 60.3 Å². The maximum Gasteiger partial charge on any atom is 0.308 e. The van der Waals surface area contributed by atoms with Gasteiger partial charge in [-0.05, 0) is 45.1 Å². The van der Waals surface area contributed by atoms with E-state index in [4.69, 9.17) is 9.73 Å². The van der Waals surface area contributed by atoms with E-state index in [1.165, 1.54) is 12.7 Å². The van der Waals surface area contributed by atoms with Crippen LogP contribution in [0.5, 0.6) is 0 Å². The topological polar surface area (TPSA) is 82.6 Å². The summed E-state index contributed by atoms with van der Waals surface area (Å²) in [7, 11) is 1.46. The first kappa shape index (κ1) is 21.7. The predicted octanol–water partition coefficient (Wildman–Crippen LogP) is 2.12. The molecule has 1 aliphatic rings. The number of guanidine groups is 1. The van der Waals surface area contributed by atoms with Gasteiger partial charge in [-0.25, -0.2) is 0 Å². The van der Waals surface area contributed by atoms with Crippen LogP contribution < -0.4 is 5.32 Å². The zero-order valence-corrected chi connectivity index (χ0v) is 17.7. The fourth-order valence-corrected chi connectivity index (χ4v) is 3.00. The van der Waals surface area contributed by atoms with E-state index in [1.54, 1.807) is 0 Å². The highest BCUT2D eigenvalue weighted by Crippen LogP contribution is 2.18. The van der Waals surface area contributed by atoms with E-state index in [1.807, 2.05) is 13.1 Å². The maximum absolute atomic E-state index is 11.6. The van der Waals surface area contributed by atoms with Crippen LogP contribution in [-0.2, 0) is 16.0 Å². The molecule has 0 atom stereocenters. The number of methoxy groups -OCH3 is 1. The number of aliphatic imine (C=N–C) groups is 1. The molecule has 8 heteroatoms. The first-order chi connectivity index (χ1) is 11.7. The number of carbonyl (C=O) groups excluding carboxylic acids is 1. The van der Waals surface area contributed by atoms with Crippen molar-refractivity contribution in [2.24, 2.45) is 10.9 Å². The second kappa shape index (κ2) is 11.3. The molecule has 0 amide bonds. The second-order valence-electron chi connectivity index (χ2n) is 6.14. The maximum atomic E-state index is 11.6. The molecule has 2 N–H and O–H groups in total. The number of halogens is 1. The van der Waals surface area contributed by atoms with Crippen LogP contribution in [0.3, 0.4) is 0 Å². The molecule has 1 fully saturated rings. The molecule has 0 aromatic carbocycles. The van der Waals surface area contributed by atoms with Crippen molar-refractivity contribution in [2.75, 3.05) is 33.3 Å². The largest absolute Gasteiger partial charge is 0.469 e. The average molecular weight is 463 g/mol. The van der Waals surface area contributed by atoms with Gasteiger partial charge in [0.15, 0.2) is 5.96 Å². The summed E-state index contributed by atoms with van der Waals surface area (Å²) in [6, 6.07) is 0. The molecule has 1 saturated heterocycles. The van der Waals surface area contributed by atoms with Crippen LogP contribution in [0.4, 0.5) is 0 Å². The molecule has 1 aromatic heterocycles. The number of rotatable bonds is 6. The molecule has 1 aromatic rings. The van der Waals surface area contributed by atoms with Crippen molar-refractivity contribution >= 4 is 35.9 Å². The number of hydrogen-bond acceptors (Lipinski definition) is 4. The zero-order valence-electron chi connectivity index (χ0n) is 15.4. The van der Waals surface area contributed by atoms with Crippen LogP contribution in [0, 0.1) is 12.8 Å². The Hall–Kier alpha value is -1.32. The number of aryl methyl sites for hydroxylation is 2. The number of aromatic nitrogens is 2. The lowest BCUT2D eigenvalue weighted by Crippen LogP contribution is -2.46. The van der Waals surface area contributed by atoms with Crippen molar-refractivity contribution in [3.8, 4) is 0 Å². The highest BCUT2D eigenvalue weighted by Gasteiger charge is 2.26. The molecule has 2 heterocycles. The summed E-state index contributed by atoms with van der Waals surface area (Å²) >= 11 is 0. The summed E-state index contributed by atoms with van der Waals surface area (Å²) in [6.45, 7) is 7.42. The lowest BCUT2D eigenvalue weighted by molar-refractivity contribution is -0.146. The monoisotopic (exact) mass is 463 g/mol. The SMILES string of the molecule is CCNC(=NCCCc1cn[nH]c1C)N1CCC(C(=O)OC)CC1.I. The summed E-state index contributed by atoms with van der Waals surface area (Å²) in [5.74, 6) is 0.884. The van der Waals surface area contributed by atoms with Crippen molar-refractivity contribution in [1.29, 1.82) is 0 Å². The van der Waals surface area contributed by atoms with Gasteiger partial charge in [-0.2, -0.15) is 5.10 Å². The molecule has 0 unspecified atom stereocenters. The fourth-order valence-electron chi connectivity index (χ4n) is 3.00. The number of nitrogens with one attached hydrogen (secondary N) is 2. The van der Waals surface area contributed by atoms with Gasteiger partial charge in [0, 0.05) is 31.9 Å². The number of ether oxygens (including phenoxy) is 1. The van der Waals surface area contributed by atoms with Gasteiger partial charge < -0.3 is 15.0 Å². The summed E-state index contributed by atoms with van der Waals surface area (Å²) in [6.07, 6.45) is 5.52. The highest BCUT2D eigenvalue weighted by molar-refractivity contribution is 14.0. The molecule has 0 spiro atoms. The van der Waals surface area contributed by atoms with Crippen molar-refractivity contribution in [3.05, 3.63) is 17.5 Å². The quantitative estimate of drug-likeness (QED) is 0.222. The Morgan fingerprint density at radius 3 is 2.76 bits per heavy atom. The number of piperidine rings is 1. The minimum atomic E-state index is -0.0907. The first-order valence-electron chi connectivity index (χ1n) is 8.75. The van der Waals surface area contributed by atoms with Crippen LogP contribution in [0.25, 0.3) is 0 Å². The Kier molecular flexibility index (Phi) is 9.84. The first-order valence-corrected chi connectivity index (χ1v) is 8.75. The van der Waals surface area contributed by atoms with Gasteiger partial charge in [0.1, 0.15) is 0 Å². The van der Waals surface area contributed by atoms with E-state index in [9.17, 15) is 4.79 Å². The smallest absolute Gasteiger partial charge is 0.308 e. The van der Waals surface area contributed by atoms with Crippen molar-refractivity contribution in [1.82, 2.24) is 20.4 Å². The number of hydrogen-bond donors (Lipinski definition) is 2. The van der Waals surface area contributed by atoms with Crippen molar-refractivity contribution in [2.45, 2.75) is 39.5 Å². The van der Waals surface area contributed by atoms with E-state index in [-0.39, 0.29) is 35.9 Å². The normalized spacial score (nSPS) is 15.6. The van der Waals surface area contributed by atoms with Gasteiger partial charge in [0.2, 0.25) is 0 Å². The summed E-state index contributed by atoms with van der Waals surface area (Å²) < 4.78 is 4.85. The summed E-state index contributed by atoms with van der Waals surface area (Å²) in [5.41, 5.74) is 2.39.